The molecule has 1 aromatic carbocycles. The van der Waals surface area contributed by atoms with E-state index >= 15 is 0 Å². The minimum absolute atomic E-state index is 0.127. The van der Waals surface area contributed by atoms with Crippen molar-refractivity contribution in [1.82, 2.24) is 4.68 Å². The number of hydrogen-bond acceptors (Lipinski definition) is 2. The topological polar surface area (TPSA) is 62.5 Å². The lowest BCUT2D eigenvalue weighted by molar-refractivity contribution is 0.194. The number of rotatable bonds is 3. The normalized spacial score (nSPS) is 10.9. The summed E-state index contributed by atoms with van der Waals surface area (Å²) in [6.45, 7) is 3.55. The van der Waals surface area contributed by atoms with Gasteiger partial charge in [-0.2, -0.15) is 0 Å². The van der Waals surface area contributed by atoms with Gasteiger partial charge >= 0.3 is 6.09 Å². The monoisotopic (exact) mass is 356 g/mol. The first kappa shape index (κ1) is 15.5. The number of fused-ring (bicyclic) bond motifs is 1. The van der Waals surface area contributed by atoms with Gasteiger partial charge in [-0.25, -0.2) is 18.9 Å². The minimum Gasteiger partial charge on any atom is -0.464 e. The predicted octanol–water partition coefficient (Wildman–Crippen LogP) is 3.24. The maximum atomic E-state index is 14.0. The number of aromatic nitrogens is 1. The van der Waals surface area contributed by atoms with Crippen molar-refractivity contribution in [2.45, 2.75) is 20.3 Å². The maximum Gasteiger partial charge on any atom is 0.426 e. The Hall–Kier alpha value is -1.89. The van der Waals surface area contributed by atoms with Crippen LogP contribution in [0.25, 0.3) is 10.8 Å². The number of hydrogen-bond donors (Lipinski definition) is 1. The van der Waals surface area contributed by atoms with Gasteiger partial charge in [0.15, 0.2) is 0 Å². The van der Waals surface area contributed by atoms with Gasteiger partial charge in [-0.15, -0.1) is 0 Å². The lowest BCUT2D eigenvalue weighted by Crippen LogP contribution is -2.47. The summed E-state index contributed by atoms with van der Waals surface area (Å²) in [6, 6.07) is 4.31. The molecule has 7 heteroatoms. The Morgan fingerprint density at radius 2 is 2.14 bits per heavy atom. The minimum atomic E-state index is -1.26. The molecule has 0 spiro atoms. The summed E-state index contributed by atoms with van der Waals surface area (Å²) >= 11 is 3.32. The summed E-state index contributed by atoms with van der Waals surface area (Å²) in [6.07, 6.45) is -0.727. The zero-order valence-corrected chi connectivity index (χ0v) is 13.1. The fraction of sp³-hybridized carbons (Fsp3) is 0.286. The van der Waals surface area contributed by atoms with Gasteiger partial charge in [0, 0.05) is 16.4 Å². The third kappa shape index (κ3) is 2.53. The van der Waals surface area contributed by atoms with Crippen LogP contribution in [0.1, 0.15) is 19.0 Å². The highest BCUT2D eigenvalue weighted by atomic mass is 79.9. The molecule has 21 heavy (non-hydrogen) atoms. The standard InChI is InChI=1S/C14H14BrFN2O3/c1-3-7-17(14(20)21)18-8(2)12(15)9-5-4-6-10(16)11(9)13(18)19/h4-6H,3,7H2,1-2H3,(H,20,21). The van der Waals surface area contributed by atoms with Crippen LogP contribution in [-0.4, -0.2) is 22.4 Å². The summed E-state index contributed by atoms with van der Waals surface area (Å²) in [5.41, 5.74) is -0.270. The molecule has 1 heterocycles. The molecule has 0 unspecified atom stereocenters. The molecule has 112 valence electrons. The third-order valence-corrected chi connectivity index (χ3v) is 4.19. The van der Waals surface area contributed by atoms with Crippen molar-refractivity contribution in [1.29, 1.82) is 0 Å². The summed E-state index contributed by atoms with van der Waals surface area (Å²) in [7, 11) is 0. The molecule has 1 amide bonds. The van der Waals surface area contributed by atoms with Gasteiger partial charge in [0.05, 0.1) is 11.1 Å². The Morgan fingerprint density at radius 1 is 1.48 bits per heavy atom. The molecule has 1 N–H and O–H groups in total. The average Bonchev–Trinajstić information content (AvgIpc) is 2.43. The Labute approximate surface area is 128 Å². The molecule has 0 aliphatic heterocycles. The van der Waals surface area contributed by atoms with Crippen LogP contribution >= 0.6 is 15.9 Å². The number of benzene rings is 1. The largest absolute Gasteiger partial charge is 0.464 e. The average molecular weight is 357 g/mol. The first-order chi connectivity index (χ1) is 9.90. The fourth-order valence-corrected chi connectivity index (χ4v) is 2.75. The summed E-state index contributed by atoms with van der Waals surface area (Å²) in [5, 5.41) is 10.5. The van der Waals surface area contributed by atoms with E-state index in [4.69, 9.17) is 0 Å². The van der Waals surface area contributed by atoms with Crippen molar-refractivity contribution in [3.05, 3.63) is 44.5 Å². The molecule has 1 aromatic heterocycles. The molecule has 0 aliphatic rings. The van der Waals surface area contributed by atoms with Crippen LogP contribution in [0.5, 0.6) is 0 Å². The number of carboxylic acid groups (broad SMARTS) is 1. The smallest absolute Gasteiger partial charge is 0.426 e. The Balaban J connectivity index is 2.90. The van der Waals surface area contributed by atoms with Gasteiger partial charge in [-0.3, -0.25) is 4.79 Å². The zero-order chi connectivity index (χ0) is 15.7. The summed E-state index contributed by atoms with van der Waals surface area (Å²) < 4.78 is 15.5. The second kappa shape index (κ2) is 5.85. The van der Waals surface area contributed by atoms with Crippen molar-refractivity contribution < 1.29 is 14.3 Å². The van der Waals surface area contributed by atoms with E-state index in [9.17, 15) is 19.1 Å². The number of carbonyl (C=O) groups is 1. The SMILES string of the molecule is CCCN(C(=O)O)n1c(C)c(Br)c2cccc(F)c2c1=O. The van der Waals surface area contributed by atoms with Gasteiger partial charge in [-0.05, 0) is 35.3 Å². The summed E-state index contributed by atoms with van der Waals surface area (Å²) in [4.78, 5) is 23.9. The number of amides is 1. The number of nitrogens with zero attached hydrogens (tertiary/aromatic N) is 2. The van der Waals surface area contributed by atoms with E-state index in [1.54, 1.807) is 19.9 Å². The molecule has 0 bridgehead atoms. The Kier molecular flexibility index (Phi) is 4.32. The van der Waals surface area contributed by atoms with E-state index in [1.165, 1.54) is 12.1 Å². The second-order valence-electron chi connectivity index (χ2n) is 4.58. The molecule has 0 atom stereocenters. The fourth-order valence-electron chi connectivity index (χ4n) is 2.25. The molecule has 5 nitrogen and oxygen atoms in total. The molecule has 0 aliphatic carbocycles. The first-order valence-electron chi connectivity index (χ1n) is 6.40. The van der Waals surface area contributed by atoms with Crippen molar-refractivity contribution in [3.63, 3.8) is 0 Å². The van der Waals surface area contributed by atoms with Crippen LogP contribution in [-0.2, 0) is 0 Å². The van der Waals surface area contributed by atoms with Crippen molar-refractivity contribution in [2.24, 2.45) is 0 Å². The third-order valence-electron chi connectivity index (χ3n) is 3.19. The highest BCUT2D eigenvalue weighted by Crippen LogP contribution is 2.26. The predicted molar refractivity (Wildman–Crippen MR) is 82.0 cm³/mol. The number of pyridine rings is 1. The molecular formula is C14H14BrFN2O3. The van der Waals surface area contributed by atoms with Crippen molar-refractivity contribution in [2.75, 3.05) is 11.6 Å². The quantitative estimate of drug-likeness (QED) is 0.918. The molecule has 2 aromatic rings. The molecule has 0 saturated carbocycles. The lowest BCUT2D eigenvalue weighted by Gasteiger charge is -2.24. The lowest BCUT2D eigenvalue weighted by atomic mass is 10.1. The van der Waals surface area contributed by atoms with Gasteiger partial charge in [-0.1, -0.05) is 19.1 Å². The first-order valence-corrected chi connectivity index (χ1v) is 7.19. The van der Waals surface area contributed by atoms with E-state index in [0.29, 0.717) is 22.0 Å². The van der Waals surface area contributed by atoms with Crippen LogP contribution < -0.4 is 10.6 Å². The van der Waals surface area contributed by atoms with Gasteiger partial charge in [0.2, 0.25) is 0 Å². The van der Waals surface area contributed by atoms with Crippen LogP contribution in [0.15, 0.2) is 27.5 Å². The van der Waals surface area contributed by atoms with E-state index in [2.05, 4.69) is 15.9 Å². The van der Waals surface area contributed by atoms with Crippen molar-refractivity contribution >= 4 is 32.8 Å². The molecule has 0 fully saturated rings. The molecular weight excluding hydrogens is 343 g/mol. The molecule has 0 radical (unpaired) electrons. The zero-order valence-electron chi connectivity index (χ0n) is 11.6. The van der Waals surface area contributed by atoms with E-state index in [1.807, 2.05) is 0 Å². The number of halogens is 2. The highest BCUT2D eigenvalue weighted by Gasteiger charge is 2.22. The van der Waals surface area contributed by atoms with E-state index < -0.39 is 17.5 Å². The van der Waals surface area contributed by atoms with Gasteiger partial charge in [0.25, 0.3) is 5.56 Å². The van der Waals surface area contributed by atoms with Crippen molar-refractivity contribution in [3.8, 4) is 0 Å². The summed E-state index contributed by atoms with van der Waals surface area (Å²) in [5.74, 6) is -0.672. The highest BCUT2D eigenvalue weighted by molar-refractivity contribution is 9.10. The van der Waals surface area contributed by atoms with Gasteiger partial charge < -0.3 is 5.11 Å². The van der Waals surface area contributed by atoms with Crippen LogP contribution in [0.2, 0.25) is 0 Å². The van der Waals surface area contributed by atoms with E-state index in [-0.39, 0.29) is 11.9 Å². The van der Waals surface area contributed by atoms with Crippen LogP contribution in [0.4, 0.5) is 9.18 Å². The Morgan fingerprint density at radius 3 is 2.71 bits per heavy atom. The van der Waals surface area contributed by atoms with Gasteiger partial charge in [0.1, 0.15) is 5.82 Å². The van der Waals surface area contributed by atoms with E-state index in [0.717, 1.165) is 9.69 Å². The molecule has 0 saturated heterocycles. The molecule has 2 rings (SSSR count). The maximum absolute atomic E-state index is 14.0. The van der Waals surface area contributed by atoms with Crippen LogP contribution in [0, 0.1) is 12.7 Å². The van der Waals surface area contributed by atoms with Crippen LogP contribution in [0.3, 0.4) is 0 Å². The second-order valence-corrected chi connectivity index (χ2v) is 5.38. The Bertz CT molecular complexity index is 773.